The van der Waals surface area contributed by atoms with Crippen LogP contribution in [0.15, 0.2) is 0 Å². The number of hydrogen-bond acceptors (Lipinski definition) is 4. The normalized spacial score (nSPS) is 33.2. The van der Waals surface area contributed by atoms with Gasteiger partial charge in [-0.05, 0) is 20.0 Å². The zero-order valence-corrected chi connectivity index (χ0v) is 9.19. The van der Waals surface area contributed by atoms with E-state index in [1.165, 1.54) is 13.1 Å². The van der Waals surface area contributed by atoms with Gasteiger partial charge in [-0.25, -0.2) is 0 Å². The maximum absolute atomic E-state index is 9.84. The molecule has 0 radical (unpaired) electrons. The van der Waals surface area contributed by atoms with E-state index in [1.54, 1.807) is 0 Å². The quantitative estimate of drug-likeness (QED) is 0.625. The predicted octanol–water partition coefficient (Wildman–Crippen LogP) is -0.886. The molecule has 0 aliphatic carbocycles. The highest BCUT2D eigenvalue weighted by molar-refractivity contribution is 4.82. The van der Waals surface area contributed by atoms with Crippen LogP contribution in [0.5, 0.6) is 0 Å². The largest absolute Gasteiger partial charge is 0.377 e. The molecule has 0 aromatic carbocycles. The second-order valence-corrected chi connectivity index (χ2v) is 4.83. The first-order valence-electron chi connectivity index (χ1n) is 5.44. The smallest absolute Gasteiger partial charge is 0.120 e. The summed E-state index contributed by atoms with van der Waals surface area (Å²) in [4.78, 5) is 6.73. The Morgan fingerprint density at radius 2 is 1.79 bits per heavy atom. The third-order valence-corrected chi connectivity index (χ3v) is 3.30. The highest BCUT2D eigenvalue weighted by Gasteiger charge is 2.29. The maximum Gasteiger partial charge on any atom is 0.120 e. The molecule has 14 heavy (non-hydrogen) atoms. The van der Waals surface area contributed by atoms with Gasteiger partial charge >= 0.3 is 0 Å². The van der Waals surface area contributed by atoms with Crippen LogP contribution in [0.2, 0.25) is 0 Å². The molecule has 0 bridgehead atoms. The van der Waals surface area contributed by atoms with E-state index < -0.39 is 0 Å². The van der Waals surface area contributed by atoms with Crippen LogP contribution in [-0.2, 0) is 0 Å². The number of likely N-dealkylation sites (N-methyl/N-ethyl adjacent to an activating group) is 1. The molecular weight excluding hydrogens is 178 g/mol. The average Bonchev–Trinajstić information content (AvgIpc) is 2.06. The number of piperazine rings is 1. The van der Waals surface area contributed by atoms with E-state index in [0.717, 1.165) is 32.1 Å². The number of hydrogen-bond donors (Lipinski definition) is 1. The second-order valence-electron chi connectivity index (χ2n) is 4.83. The lowest BCUT2D eigenvalue weighted by Gasteiger charge is -2.43. The van der Waals surface area contributed by atoms with Crippen LogP contribution < -0.4 is 0 Å². The molecule has 2 heterocycles. The van der Waals surface area contributed by atoms with Crippen LogP contribution in [0.1, 0.15) is 0 Å². The van der Waals surface area contributed by atoms with Gasteiger partial charge in [0.15, 0.2) is 0 Å². The minimum Gasteiger partial charge on any atom is -0.377 e. The van der Waals surface area contributed by atoms with Gasteiger partial charge < -0.3 is 14.9 Å². The molecule has 0 saturated carbocycles. The molecule has 0 spiro atoms. The summed E-state index contributed by atoms with van der Waals surface area (Å²) in [5.74, 6) is 0.776. The predicted molar refractivity (Wildman–Crippen MR) is 56.1 cm³/mol. The van der Waals surface area contributed by atoms with Crippen LogP contribution >= 0.6 is 0 Å². The first-order chi connectivity index (χ1) is 6.65. The molecule has 82 valence electrons. The van der Waals surface area contributed by atoms with Gasteiger partial charge in [0.1, 0.15) is 6.23 Å². The number of rotatable bonds is 2. The molecule has 0 aromatic rings. The molecular formula is C10H21N3O. The Bertz CT molecular complexity index is 194. The van der Waals surface area contributed by atoms with Gasteiger partial charge in [-0.2, -0.15) is 0 Å². The molecule has 2 fully saturated rings. The van der Waals surface area contributed by atoms with Crippen LogP contribution in [0, 0.1) is 5.92 Å². The van der Waals surface area contributed by atoms with Crippen LogP contribution in [-0.4, -0.2) is 79.4 Å². The van der Waals surface area contributed by atoms with Crippen molar-refractivity contribution in [3.05, 3.63) is 0 Å². The van der Waals surface area contributed by atoms with Crippen molar-refractivity contribution >= 4 is 0 Å². The summed E-state index contributed by atoms with van der Waals surface area (Å²) in [5.41, 5.74) is 0. The van der Waals surface area contributed by atoms with Gasteiger partial charge in [-0.1, -0.05) is 0 Å². The van der Waals surface area contributed by atoms with Gasteiger partial charge in [0.25, 0.3) is 0 Å². The molecule has 2 aliphatic heterocycles. The van der Waals surface area contributed by atoms with Crippen molar-refractivity contribution in [3.63, 3.8) is 0 Å². The summed E-state index contributed by atoms with van der Waals surface area (Å²) < 4.78 is 0. The molecule has 2 aliphatic rings. The third kappa shape index (κ3) is 2.25. The molecule has 2 saturated heterocycles. The minimum absolute atomic E-state index is 0.250. The maximum atomic E-state index is 9.84. The van der Waals surface area contributed by atoms with Crippen LogP contribution in [0.4, 0.5) is 0 Å². The third-order valence-electron chi connectivity index (χ3n) is 3.30. The Labute approximate surface area is 86.1 Å². The summed E-state index contributed by atoms with van der Waals surface area (Å²) >= 11 is 0. The highest BCUT2D eigenvalue weighted by Crippen LogP contribution is 2.16. The highest BCUT2D eigenvalue weighted by atomic mass is 16.3. The fraction of sp³-hybridized carbons (Fsp3) is 1.00. The van der Waals surface area contributed by atoms with Gasteiger partial charge in [0.05, 0.1) is 0 Å². The summed E-state index contributed by atoms with van der Waals surface area (Å²) in [7, 11) is 4.22. The number of nitrogens with zero attached hydrogens (tertiary/aromatic N) is 3. The Kier molecular flexibility index (Phi) is 3.07. The first-order valence-corrected chi connectivity index (χ1v) is 5.44. The summed E-state index contributed by atoms with van der Waals surface area (Å²) in [6, 6.07) is 0. The number of β-amino-alcohol motifs (C(OH)–C–C–N with tert-alkyl or cyclic N) is 1. The topological polar surface area (TPSA) is 30.0 Å². The van der Waals surface area contributed by atoms with E-state index >= 15 is 0 Å². The summed E-state index contributed by atoms with van der Waals surface area (Å²) in [6.07, 6.45) is -0.250. The molecule has 1 atom stereocenters. The van der Waals surface area contributed by atoms with E-state index in [1.807, 2.05) is 0 Å². The molecule has 4 nitrogen and oxygen atoms in total. The standard InChI is InChI=1S/C10H21N3O/c1-11-3-4-13(10(14)8-11)7-9-5-12(2)6-9/h9-10,14H,3-8H2,1-2H3. The molecule has 1 unspecified atom stereocenters. The SMILES string of the molecule is CN1CC(CN2CCN(C)CC2O)C1. The number of aliphatic hydroxyl groups excluding tert-OH is 1. The zero-order chi connectivity index (χ0) is 10.1. The Morgan fingerprint density at radius 1 is 1.07 bits per heavy atom. The van der Waals surface area contributed by atoms with Crippen LogP contribution in [0.25, 0.3) is 0 Å². The second kappa shape index (κ2) is 4.14. The fourth-order valence-electron chi connectivity index (χ4n) is 2.42. The summed E-state index contributed by atoms with van der Waals surface area (Å²) in [6.45, 7) is 6.34. The Hall–Kier alpha value is -0.160. The van der Waals surface area contributed by atoms with E-state index in [-0.39, 0.29) is 6.23 Å². The summed E-state index contributed by atoms with van der Waals surface area (Å²) in [5, 5.41) is 9.84. The van der Waals surface area contributed by atoms with Gasteiger partial charge in [-0.15, -0.1) is 0 Å². The Morgan fingerprint density at radius 3 is 2.36 bits per heavy atom. The lowest BCUT2D eigenvalue weighted by molar-refractivity contribution is -0.0670. The molecule has 4 heteroatoms. The zero-order valence-electron chi connectivity index (χ0n) is 9.19. The molecule has 2 rings (SSSR count). The van der Waals surface area contributed by atoms with Crippen molar-refractivity contribution < 1.29 is 5.11 Å². The number of likely N-dealkylation sites (tertiary alicyclic amines) is 1. The first kappa shape index (κ1) is 10.4. The van der Waals surface area contributed by atoms with Crippen molar-refractivity contribution in [2.75, 3.05) is 53.4 Å². The van der Waals surface area contributed by atoms with Gasteiger partial charge in [0, 0.05) is 39.3 Å². The van der Waals surface area contributed by atoms with E-state index in [2.05, 4.69) is 28.8 Å². The monoisotopic (exact) mass is 199 g/mol. The van der Waals surface area contributed by atoms with Crippen molar-refractivity contribution in [1.82, 2.24) is 14.7 Å². The lowest BCUT2D eigenvalue weighted by atomic mass is 10.00. The van der Waals surface area contributed by atoms with Crippen LogP contribution in [0.3, 0.4) is 0 Å². The van der Waals surface area contributed by atoms with Gasteiger partial charge in [-0.3, -0.25) is 4.90 Å². The lowest BCUT2D eigenvalue weighted by Crippen LogP contribution is -2.57. The van der Waals surface area contributed by atoms with Crippen molar-refractivity contribution in [2.45, 2.75) is 6.23 Å². The van der Waals surface area contributed by atoms with Crippen molar-refractivity contribution in [2.24, 2.45) is 5.92 Å². The van der Waals surface area contributed by atoms with E-state index in [4.69, 9.17) is 0 Å². The Balaban J connectivity index is 1.75. The molecule has 0 aromatic heterocycles. The molecule has 0 amide bonds. The van der Waals surface area contributed by atoms with E-state index in [9.17, 15) is 5.11 Å². The minimum atomic E-state index is -0.250. The average molecular weight is 199 g/mol. The van der Waals surface area contributed by atoms with E-state index in [0.29, 0.717) is 0 Å². The fourth-order valence-corrected chi connectivity index (χ4v) is 2.42. The number of aliphatic hydroxyl groups is 1. The van der Waals surface area contributed by atoms with Gasteiger partial charge in [0.2, 0.25) is 0 Å². The van der Waals surface area contributed by atoms with Crippen molar-refractivity contribution in [3.8, 4) is 0 Å². The van der Waals surface area contributed by atoms with Crippen molar-refractivity contribution in [1.29, 1.82) is 0 Å². The molecule has 1 N–H and O–H groups in total.